The van der Waals surface area contributed by atoms with Gasteiger partial charge in [0.05, 0.1) is 11.6 Å². The van der Waals surface area contributed by atoms with Crippen LogP contribution in [0.4, 0.5) is 0 Å². The molecule has 1 heterocycles. The summed E-state index contributed by atoms with van der Waals surface area (Å²) in [6.07, 6.45) is 1.62. The van der Waals surface area contributed by atoms with Gasteiger partial charge in [-0.25, -0.2) is 0 Å². The van der Waals surface area contributed by atoms with Crippen molar-refractivity contribution in [2.75, 3.05) is 0 Å². The zero-order valence-electron chi connectivity index (χ0n) is 6.06. The Labute approximate surface area is 56.7 Å². The molecule has 2 heteroatoms. The normalized spacial score (nSPS) is 11.9. The predicted molar refractivity (Wildman–Crippen MR) is 40.5 cm³/mol. The molecule has 0 unspecified atom stereocenters. The van der Waals surface area contributed by atoms with Crippen LogP contribution >= 0.6 is 0 Å². The van der Waals surface area contributed by atoms with Crippen molar-refractivity contribution in [3.8, 4) is 0 Å². The van der Waals surface area contributed by atoms with Crippen LogP contribution in [0.5, 0.6) is 0 Å². The van der Waals surface area contributed by atoms with Crippen LogP contribution < -0.4 is 5.38 Å². The Morgan fingerprint density at radius 2 is 2.11 bits per heavy atom. The third-order valence-corrected chi connectivity index (χ3v) is 2.95. The lowest BCUT2D eigenvalue weighted by atomic mass is 10.7. The van der Waals surface area contributed by atoms with Crippen molar-refractivity contribution in [1.29, 1.82) is 0 Å². The fourth-order valence-electron chi connectivity index (χ4n) is 0.635. The van der Waals surface area contributed by atoms with Gasteiger partial charge in [0.1, 0.15) is 8.07 Å². The van der Waals surface area contributed by atoms with Crippen LogP contribution in [-0.2, 0) is 0 Å². The molecular formula is C7H11OSi. The third-order valence-electron chi connectivity index (χ3n) is 1.21. The van der Waals surface area contributed by atoms with Crippen LogP contribution in [0, 0.1) is 6.07 Å². The zero-order chi connectivity index (χ0) is 6.91. The predicted octanol–water partition coefficient (Wildman–Crippen LogP) is 1.62. The SMILES string of the molecule is C[Si](C)(C)c1c[c]co1. The molecule has 0 aromatic carbocycles. The first kappa shape index (κ1) is 6.61. The van der Waals surface area contributed by atoms with E-state index in [4.69, 9.17) is 4.42 Å². The summed E-state index contributed by atoms with van der Waals surface area (Å²) in [5.41, 5.74) is 0. The Kier molecular flexibility index (Phi) is 1.49. The smallest absolute Gasteiger partial charge is 0.123 e. The quantitative estimate of drug-likeness (QED) is 0.539. The maximum atomic E-state index is 5.20. The number of hydrogen-bond acceptors (Lipinski definition) is 1. The minimum absolute atomic E-state index is 1.13. The van der Waals surface area contributed by atoms with Crippen LogP contribution in [-0.4, -0.2) is 8.07 Å². The molecule has 0 saturated heterocycles. The minimum atomic E-state index is -1.18. The Morgan fingerprint density at radius 3 is 2.33 bits per heavy atom. The van der Waals surface area contributed by atoms with Crippen LogP contribution in [0.3, 0.4) is 0 Å². The van der Waals surface area contributed by atoms with E-state index in [0.717, 1.165) is 5.38 Å². The topological polar surface area (TPSA) is 13.1 Å². The molecule has 1 aromatic rings. The van der Waals surface area contributed by atoms with E-state index in [1.165, 1.54) is 0 Å². The van der Waals surface area contributed by atoms with Crippen molar-refractivity contribution in [3.05, 3.63) is 18.4 Å². The second kappa shape index (κ2) is 2.03. The first-order valence-electron chi connectivity index (χ1n) is 3.06. The fraction of sp³-hybridized carbons (Fsp3) is 0.429. The van der Waals surface area contributed by atoms with Crippen molar-refractivity contribution < 1.29 is 4.42 Å². The maximum absolute atomic E-state index is 5.20. The van der Waals surface area contributed by atoms with Gasteiger partial charge < -0.3 is 4.42 Å². The first-order chi connectivity index (χ1) is 4.11. The van der Waals surface area contributed by atoms with Crippen LogP contribution in [0.1, 0.15) is 0 Å². The third kappa shape index (κ3) is 1.45. The van der Waals surface area contributed by atoms with Crippen molar-refractivity contribution >= 4 is 13.5 Å². The molecule has 1 radical (unpaired) electrons. The first-order valence-corrected chi connectivity index (χ1v) is 6.56. The van der Waals surface area contributed by atoms with Crippen molar-refractivity contribution in [3.63, 3.8) is 0 Å². The molecule has 1 aromatic heterocycles. The maximum Gasteiger partial charge on any atom is 0.123 e. The van der Waals surface area contributed by atoms with Crippen LogP contribution in [0.15, 0.2) is 16.7 Å². The summed E-state index contributed by atoms with van der Waals surface area (Å²) >= 11 is 0. The van der Waals surface area contributed by atoms with Gasteiger partial charge in [-0.1, -0.05) is 19.6 Å². The average molecular weight is 139 g/mol. The molecule has 0 fully saturated rings. The molecule has 0 aliphatic carbocycles. The lowest BCUT2D eigenvalue weighted by Gasteiger charge is -2.10. The average Bonchev–Trinajstić information content (AvgIpc) is 2.08. The molecule has 1 rings (SSSR count). The van der Waals surface area contributed by atoms with Crippen molar-refractivity contribution in [1.82, 2.24) is 0 Å². The second-order valence-electron chi connectivity index (χ2n) is 3.16. The molecule has 0 N–H and O–H groups in total. The molecule has 49 valence electrons. The lowest BCUT2D eigenvalue weighted by Crippen LogP contribution is -2.36. The molecular weight excluding hydrogens is 128 g/mol. The van der Waals surface area contributed by atoms with Gasteiger partial charge in [-0.2, -0.15) is 0 Å². The van der Waals surface area contributed by atoms with Gasteiger partial charge >= 0.3 is 0 Å². The summed E-state index contributed by atoms with van der Waals surface area (Å²) < 4.78 is 5.20. The van der Waals surface area contributed by atoms with E-state index >= 15 is 0 Å². The van der Waals surface area contributed by atoms with E-state index in [2.05, 4.69) is 25.7 Å². The van der Waals surface area contributed by atoms with E-state index in [0.29, 0.717) is 0 Å². The van der Waals surface area contributed by atoms with Gasteiger partial charge in [-0.05, 0) is 6.07 Å². The van der Waals surface area contributed by atoms with E-state index in [1.807, 2.05) is 6.07 Å². The van der Waals surface area contributed by atoms with Crippen LogP contribution in [0.25, 0.3) is 0 Å². The molecule has 9 heavy (non-hydrogen) atoms. The Balaban J connectivity index is 2.90. The summed E-state index contributed by atoms with van der Waals surface area (Å²) in [5, 5.41) is 1.13. The van der Waals surface area contributed by atoms with E-state index in [-0.39, 0.29) is 0 Å². The summed E-state index contributed by atoms with van der Waals surface area (Å²) in [6.45, 7) is 6.75. The number of rotatable bonds is 1. The number of furan rings is 1. The lowest BCUT2D eigenvalue weighted by molar-refractivity contribution is 0.597. The Hall–Kier alpha value is -0.503. The zero-order valence-corrected chi connectivity index (χ0v) is 7.06. The van der Waals surface area contributed by atoms with Gasteiger partial charge in [0.15, 0.2) is 0 Å². The highest BCUT2D eigenvalue weighted by Crippen LogP contribution is 2.00. The molecule has 0 atom stereocenters. The van der Waals surface area contributed by atoms with Crippen LogP contribution in [0.2, 0.25) is 19.6 Å². The molecule has 0 aliphatic rings. The summed E-state index contributed by atoms with van der Waals surface area (Å²) in [5.74, 6) is 0. The van der Waals surface area contributed by atoms with Crippen molar-refractivity contribution in [2.24, 2.45) is 0 Å². The summed E-state index contributed by atoms with van der Waals surface area (Å²) in [4.78, 5) is 0. The van der Waals surface area contributed by atoms with Gasteiger partial charge in [0.2, 0.25) is 0 Å². The molecule has 1 nitrogen and oxygen atoms in total. The Morgan fingerprint density at radius 1 is 1.44 bits per heavy atom. The minimum Gasteiger partial charge on any atom is -0.474 e. The monoisotopic (exact) mass is 139 g/mol. The molecule has 0 aliphatic heterocycles. The second-order valence-corrected chi connectivity index (χ2v) is 8.15. The van der Waals surface area contributed by atoms with E-state index in [1.54, 1.807) is 6.26 Å². The summed E-state index contributed by atoms with van der Waals surface area (Å²) in [7, 11) is -1.18. The number of hydrogen-bond donors (Lipinski definition) is 0. The molecule has 0 bridgehead atoms. The van der Waals surface area contributed by atoms with E-state index < -0.39 is 8.07 Å². The van der Waals surface area contributed by atoms with Gasteiger partial charge in [0.25, 0.3) is 0 Å². The fourth-order valence-corrected chi connectivity index (χ4v) is 1.56. The summed E-state index contributed by atoms with van der Waals surface area (Å²) in [6, 6.07) is 4.84. The molecule has 0 amide bonds. The van der Waals surface area contributed by atoms with E-state index in [9.17, 15) is 0 Å². The van der Waals surface area contributed by atoms with Gasteiger partial charge in [0, 0.05) is 6.07 Å². The van der Waals surface area contributed by atoms with Gasteiger partial charge in [-0.15, -0.1) is 0 Å². The molecule has 0 saturated carbocycles. The largest absolute Gasteiger partial charge is 0.474 e. The highest BCUT2D eigenvalue weighted by atomic mass is 28.3. The highest BCUT2D eigenvalue weighted by Gasteiger charge is 2.18. The van der Waals surface area contributed by atoms with Crippen molar-refractivity contribution in [2.45, 2.75) is 19.6 Å². The highest BCUT2D eigenvalue weighted by molar-refractivity contribution is 6.87. The standard InChI is InChI=1S/C7H11OSi/c1-9(2,3)7-5-4-6-8-7/h5-6H,1-3H3. The Bertz CT molecular complexity index is 171. The molecule has 0 spiro atoms. The van der Waals surface area contributed by atoms with Gasteiger partial charge in [-0.3, -0.25) is 0 Å².